The number of rotatable bonds is 1. The van der Waals surface area contributed by atoms with Crippen LogP contribution in [0.3, 0.4) is 0 Å². The SMILES string of the molecule is O=S1(=O)CC=C(c2ccc(Cl)nc2)CC1. The minimum atomic E-state index is -2.85. The van der Waals surface area contributed by atoms with Gasteiger partial charge in [0.2, 0.25) is 0 Å². The van der Waals surface area contributed by atoms with Crippen molar-refractivity contribution in [1.29, 1.82) is 0 Å². The van der Waals surface area contributed by atoms with Crippen molar-refractivity contribution in [3.05, 3.63) is 35.1 Å². The summed E-state index contributed by atoms with van der Waals surface area (Å²) in [5.74, 6) is 0.354. The highest BCUT2D eigenvalue weighted by molar-refractivity contribution is 7.91. The monoisotopic (exact) mass is 243 g/mol. The van der Waals surface area contributed by atoms with Crippen molar-refractivity contribution in [2.75, 3.05) is 11.5 Å². The molecule has 2 heterocycles. The van der Waals surface area contributed by atoms with E-state index in [1.54, 1.807) is 18.3 Å². The van der Waals surface area contributed by atoms with Crippen molar-refractivity contribution in [1.82, 2.24) is 4.98 Å². The van der Waals surface area contributed by atoms with E-state index in [1.165, 1.54) is 0 Å². The molecule has 0 aromatic carbocycles. The van der Waals surface area contributed by atoms with Gasteiger partial charge >= 0.3 is 0 Å². The fraction of sp³-hybridized carbons (Fsp3) is 0.300. The molecule has 2 rings (SSSR count). The Morgan fingerprint density at radius 1 is 1.33 bits per heavy atom. The number of pyridine rings is 1. The molecule has 0 bridgehead atoms. The van der Waals surface area contributed by atoms with E-state index in [-0.39, 0.29) is 11.5 Å². The lowest BCUT2D eigenvalue weighted by Crippen LogP contribution is -2.14. The number of allylic oxidation sites excluding steroid dienone is 1. The summed E-state index contributed by atoms with van der Waals surface area (Å²) in [4.78, 5) is 3.97. The lowest BCUT2D eigenvalue weighted by atomic mass is 10.1. The van der Waals surface area contributed by atoms with Gasteiger partial charge in [0.05, 0.1) is 11.5 Å². The van der Waals surface area contributed by atoms with Gasteiger partial charge in [0, 0.05) is 6.20 Å². The minimum Gasteiger partial charge on any atom is -0.244 e. The highest BCUT2D eigenvalue weighted by atomic mass is 35.5. The third-order valence-electron chi connectivity index (χ3n) is 2.36. The Kier molecular flexibility index (Phi) is 2.80. The Morgan fingerprint density at radius 2 is 2.13 bits per heavy atom. The van der Waals surface area contributed by atoms with Crippen LogP contribution in [0.15, 0.2) is 24.4 Å². The molecule has 0 atom stereocenters. The van der Waals surface area contributed by atoms with Gasteiger partial charge < -0.3 is 0 Å². The second-order valence-corrected chi connectivity index (χ2v) is 6.08. The first-order valence-electron chi connectivity index (χ1n) is 4.58. The van der Waals surface area contributed by atoms with Crippen LogP contribution in [0.1, 0.15) is 12.0 Å². The molecule has 5 heteroatoms. The Bertz CT molecular complexity index is 491. The predicted octanol–water partition coefficient (Wildman–Crippen LogP) is 1.94. The van der Waals surface area contributed by atoms with Crippen LogP contribution in [0, 0.1) is 0 Å². The van der Waals surface area contributed by atoms with Crippen LogP contribution in [0.25, 0.3) is 5.57 Å². The third kappa shape index (κ3) is 2.58. The first-order valence-corrected chi connectivity index (χ1v) is 6.78. The fourth-order valence-corrected chi connectivity index (χ4v) is 2.77. The molecule has 1 aromatic rings. The number of hydrogen-bond donors (Lipinski definition) is 0. The van der Waals surface area contributed by atoms with Crippen molar-refractivity contribution in [3.63, 3.8) is 0 Å². The molecule has 1 aliphatic rings. The summed E-state index contributed by atoms with van der Waals surface area (Å²) < 4.78 is 22.4. The van der Waals surface area contributed by atoms with Crippen molar-refractivity contribution in [3.8, 4) is 0 Å². The molecular weight excluding hydrogens is 234 g/mol. The number of hydrogen-bond acceptors (Lipinski definition) is 3. The topological polar surface area (TPSA) is 47.0 Å². The maximum absolute atomic E-state index is 11.2. The minimum absolute atomic E-state index is 0.130. The van der Waals surface area contributed by atoms with Crippen LogP contribution in [-0.4, -0.2) is 24.9 Å². The molecule has 1 aromatic heterocycles. The number of aromatic nitrogens is 1. The highest BCUT2D eigenvalue weighted by Gasteiger charge is 2.17. The summed E-state index contributed by atoms with van der Waals surface area (Å²) in [6.45, 7) is 0. The van der Waals surface area contributed by atoms with Gasteiger partial charge in [-0.05, 0) is 23.6 Å². The van der Waals surface area contributed by atoms with Gasteiger partial charge in [0.25, 0.3) is 0 Å². The van der Waals surface area contributed by atoms with E-state index in [9.17, 15) is 8.42 Å². The number of halogens is 1. The Balaban J connectivity index is 2.27. The van der Waals surface area contributed by atoms with E-state index < -0.39 is 9.84 Å². The molecule has 0 unspecified atom stereocenters. The molecule has 3 nitrogen and oxygen atoms in total. The second-order valence-electron chi connectivity index (χ2n) is 3.46. The second kappa shape index (κ2) is 3.94. The van der Waals surface area contributed by atoms with Gasteiger partial charge in [-0.2, -0.15) is 0 Å². The molecule has 0 saturated carbocycles. The average molecular weight is 244 g/mol. The van der Waals surface area contributed by atoms with Crippen LogP contribution in [0.2, 0.25) is 5.15 Å². The maximum Gasteiger partial charge on any atom is 0.154 e. The molecule has 0 spiro atoms. The van der Waals surface area contributed by atoms with E-state index in [4.69, 9.17) is 11.6 Å². The van der Waals surface area contributed by atoms with Crippen LogP contribution in [0.4, 0.5) is 0 Å². The van der Waals surface area contributed by atoms with Gasteiger partial charge in [-0.15, -0.1) is 0 Å². The van der Waals surface area contributed by atoms with Gasteiger partial charge in [0.1, 0.15) is 5.15 Å². The van der Waals surface area contributed by atoms with E-state index in [0.29, 0.717) is 11.6 Å². The van der Waals surface area contributed by atoms with Crippen LogP contribution in [-0.2, 0) is 9.84 Å². The molecule has 0 fully saturated rings. The first kappa shape index (κ1) is 10.6. The molecular formula is C10H10ClNO2S. The Labute approximate surface area is 93.7 Å². The zero-order chi connectivity index (χ0) is 10.9. The van der Waals surface area contributed by atoms with E-state index >= 15 is 0 Å². The molecule has 1 aliphatic heterocycles. The maximum atomic E-state index is 11.2. The van der Waals surface area contributed by atoms with Crippen molar-refractivity contribution in [2.45, 2.75) is 6.42 Å². The number of nitrogens with zero attached hydrogens (tertiary/aromatic N) is 1. The lowest BCUT2D eigenvalue weighted by molar-refractivity contribution is 0.597. The predicted molar refractivity (Wildman–Crippen MR) is 60.5 cm³/mol. The normalized spacial score (nSPS) is 19.7. The largest absolute Gasteiger partial charge is 0.244 e. The smallest absolute Gasteiger partial charge is 0.154 e. The van der Waals surface area contributed by atoms with Crippen molar-refractivity contribution in [2.24, 2.45) is 0 Å². The summed E-state index contributed by atoms with van der Waals surface area (Å²) in [5.41, 5.74) is 1.99. The van der Waals surface area contributed by atoms with Gasteiger partial charge in [0.15, 0.2) is 9.84 Å². The van der Waals surface area contributed by atoms with Gasteiger partial charge in [-0.3, -0.25) is 0 Å². The zero-order valence-electron chi connectivity index (χ0n) is 7.98. The average Bonchev–Trinajstić information content (AvgIpc) is 2.20. The summed E-state index contributed by atoms with van der Waals surface area (Å²) in [6, 6.07) is 3.57. The standard InChI is InChI=1S/C10H10ClNO2S/c11-10-2-1-9(7-12-10)8-3-5-15(13,14)6-4-8/h1-3,7H,4-6H2. The van der Waals surface area contributed by atoms with Gasteiger partial charge in [-0.25, -0.2) is 13.4 Å². The lowest BCUT2D eigenvalue weighted by Gasteiger charge is -2.13. The van der Waals surface area contributed by atoms with Gasteiger partial charge in [-0.1, -0.05) is 23.7 Å². The van der Waals surface area contributed by atoms with Crippen LogP contribution < -0.4 is 0 Å². The highest BCUT2D eigenvalue weighted by Crippen LogP contribution is 2.23. The molecule has 15 heavy (non-hydrogen) atoms. The summed E-state index contributed by atoms with van der Waals surface area (Å²) in [7, 11) is -2.85. The molecule has 0 radical (unpaired) electrons. The fourth-order valence-electron chi connectivity index (χ4n) is 1.51. The summed E-state index contributed by atoms with van der Waals surface area (Å²) in [5, 5.41) is 0.447. The molecule has 0 aliphatic carbocycles. The Hall–Kier alpha value is -0.870. The van der Waals surface area contributed by atoms with Crippen LogP contribution >= 0.6 is 11.6 Å². The summed E-state index contributed by atoms with van der Waals surface area (Å²) >= 11 is 5.67. The quantitative estimate of drug-likeness (QED) is 0.709. The molecule has 80 valence electrons. The molecule has 0 saturated heterocycles. The summed E-state index contributed by atoms with van der Waals surface area (Å²) in [6.07, 6.45) is 3.99. The van der Waals surface area contributed by atoms with Crippen molar-refractivity contribution < 1.29 is 8.42 Å². The van der Waals surface area contributed by atoms with Crippen LogP contribution in [0.5, 0.6) is 0 Å². The molecule has 0 amide bonds. The molecule has 0 N–H and O–H groups in total. The Morgan fingerprint density at radius 3 is 2.67 bits per heavy atom. The third-order valence-corrected chi connectivity index (χ3v) is 4.09. The first-order chi connectivity index (χ1) is 7.07. The van der Waals surface area contributed by atoms with Crippen molar-refractivity contribution >= 4 is 27.0 Å². The number of sulfone groups is 1. The van der Waals surface area contributed by atoms with E-state index in [2.05, 4.69) is 4.98 Å². The van der Waals surface area contributed by atoms with E-state index in [0.717, 1.165) is 11.1 Å². The van der Waals surface area contributed by atoms with E-state index in [1.807, 2.05) is 6.07 Å². The zero-order valence-corrected chi connectivity index (χ0v) is 9.55.